The number of hydrogen-bond donors (Lipinski definition) is 0. The molecule has 0 amide bonds. The van der Waals surface area contributed by atoms with E-state index in [9.17, 15) is 0 Å². The SMILES string of the molecule is CCC(C)(C)c1ccc(Oc2ccc(CCl)cc2)cc1. The van der Waals surface area contributed by atoms with Crippen molar-refractivity contribution in [3.05, 3.63) is 59.7 Å². The molecule has 2 aromatic carbocycles. The number of alkyl halides is 1. The normalized spacial score (nSPS) is 11.4. The zero-order valence-electron chi connectivity index (χ0n) is 12.3. The highest BCUT2D eigenvalue weighted by molar-refractivity contribution is 6.17. The summed E-state index contributed by atoms with van der Waals surface area (Å²) < 4.78 is 5.84. The standard InChI is InChI=1S/C18H21ClO/c1-4-18(2,3)15-7-11-17(12-8-15)20-16-9-5-14(13-19)6-10-16/h5-12H,4,13H2,1-3H3. The number of rotatable bonds is 5. The molecule has 2 rings (SSSR count). The first-order chi connectivity index (χ1) is 9.55. The van der Waals surface area contributed by atoms with Gasteiger partial charge in [-0.15, -0.1) is 11.6 Å². The fourth-order valence-corrected chi connectivity index (χ4v) is 2.14. The van der Waals surface area contributed by atoms with Gasteiger partial charge in [0, 0.05) is 5.88 Å². The zero-order valence-corrected chi connectivity index (χ0v) is 13.1. The summed E-state index contributed by atoms with van der Waals surface area (Å²) in [4.78, 5) is 0. The Morgan fingerprint density at radius 3 is 1.85 bits per heavy atom. The highest BCUT2D eigenvalue weighted by Gasteiger charge is 2.17. The number of ether oxygens (including phenoxy) is 1. The Morgan fingerprint density at radius 1 is 0.900 bits per heavy atom. The maximum absolute atomic E-state index is 5.84. The van der Waals surface area contributed by atoms with Crippen LogP contribution < -0.4 is 4.74 Å². The van der Waals surface area contributed by atoms with E-state index in [4.69, 9.17) is 16.3 Å². The van der Waals surface area contributed by atoms with Crippen molar-refractivity contribution >= 4 is 11.6 Å². The zero-order chi connectivity index (χ0) is 14.6. The Labute approximate surface area is 126 Å². The summed E-state index contributed by atoms with van der Waals surface area (Å²) in [7, 11) is 0. The van der Waals surface area contributed by atoms with Crippen LogP contribution in [-0.2, 0) is 11.3 Å². The van der Waals surface area contributed by atoms with E-state index in [0.717, 1.165) is 23.5 Å². The molecule has 106 valence electrons. The molecule has 0 heterocycles. The Balaban J connectivity index is 2.10. The van der Waals surface area contributed by atoms with Gasteiger partial charge in [0.05, 0.1) is 0 Å². The lowest BCUT2D eigenvalue weighted by Crippen LogP contribution is -2.14. The second kappa shape index (κ2) is 6.32. The fourth-order valence-electron chi connectivity index (χ4n) is 1.96. The van der Waals surface area contributed by atoms with E-state index in [1.807, 2.05) is 36.4 Å². The lowest BCUT2D eigenvalue weighted by molar-refractivity contribution is 0.478. The monoisotopic (exact) mass is 288 g/mol. The molecular formula is C18H21ClO. The lowest BCUT2D eigenvalue weighted by Gasteiger charge is -2.23. The minimum absolute atomic E-state index is 0.209. The third-order valence-corrected chi connectivity index (χ3v) is 4.14. The second-order valence-corrected chi connectivity index (χ2v) is 5.91. The largest absolute Gasteiger partial charge is 0.457 e. The van der Waals surface area contributed by atoms with E-state index in [1.54, 1.807) is 0 Å². The molecule has 0 saturated heterocycles. The van der Waals surface area contributed by atoms with Crippen LogP contribution in [-0.4, -0.2) is 0 Å². The van der Waals surface area contributed by atoms with E-state index in [2.05, 4.69) is 32.9 Å². The van der Waals surface area contributed by atoms with Crippen molar-refractivity contribution in [2.45, 2.75) is 38.5 Å². The summed E-state index contributed by atoms with van der Waals surface area (Å²) >= 11 is 5.77. The van der Waals surface area contributed by atoms with Crippen LogP contribution in [0.1, 0.15) is 38.3 Å². The first-order valence-corrected chi connectivity index (χ1v) is 7.52. The molecule has 0 aliphatic rings. The first kappa shape index (κ1) is 14.9. The summed E-state index contributed by atoms with van der Waals surface area (Å²) in [6.45, 7) is 6.73. The third kappa shape index (κ3) is 3.55. The van der Waals surface area contributed by atoms with E-state index < -0.39 is 0 Å². The average Bonchev–Trinajstić information content (AvgIpc) is 2.48. The van der Waals surface area contributed by atoms with Crippen LogP contribution in [0.3, 0.4) is 0 Å². The Kier molecular flexibility index (Phi) is 4.72. The molecule has 0 aromatic heterocycles. The predicted molar refractivity (Wildman–Crippen MR) is 85.8 cm³/mol. The number of halogens is 1. The molecule has 0 unspecified atom stereocenters. The molecule has 0 fully saturated rings. The minimum Gasteiger partial charge on any atom is -0.457 e. The maximum Gasteiger partial charge on any atom is 0.127 e. The highest BCUT2D eigenvalue weighted by Crippen LogP contribution is 2.29. The Morgan fingerprint density at radius 2 is 1.40 bits per heavy atom. The van der Waals surface area contributed by atoms with Gasteiger partial charge >= 0.3 is 0 Å². The van der Waals surface area contributed by atoms with Crippen LogP contribution in [0.2, 0.25) is 0 Å². The van der Waals surface area contributed by atoms with Crippen LogP contribution in [0.5, 0.6) is 11.5 Å². The molecular weight excluding hydrogens is 268 g/mol. The first-order valence-electron chi connectivity index (χ1n) is 6.98. The van der Waals surface area contributed by atoms with Gasteiger partial charge in [-0.05, 0) is 47.2 Å². The Hall–Kier alpha value is -1.47. The summed E-state index contributed by atoms with van der Waals surface area (Å²) in [5.41, 5.74) is 2.64. The summed E-state index contributed by atoms with van der Waals surface area (Å²) in [6.07, 6.45) is 1.12. The smallest absolute Gasteiger partial charge is 0.127 e. The Bertz CT molecular complexity index is 541. The predicted octanol–water partition coefficient (Wildman–Crippen LogP) is 5.91. The van der Waals surface area contributed by atoms with Crippen molar-refractivity contribution in [1.82, 2.24) is 0 Å². The van der Waals surface area contributed by atoms with Gasteiger partial charge in [-0.25, -0.2) is 0 Å². The van der Waals surface area contributed by atoms with Gasteiger partial charge in [-0.1, -0.05) is 45.0 Å². The van der Waals surface area contributed by atoms with Crippen molar-refractivity contribution < 1.29 is 4.74 Å². The molecule has 0 N–H and O–H groups in total. The number of hydrogen-bond acceptors (Lipinski definition) is 1. The van der Waals surface area contributed by atoms with Gasteiger partial charge in [0.25, 0.3) is 0 Å². The molecule has 0 spiro atoms. The highest BCUT2D eigenvalue weighted by atomic mass is 35.5. The maximum atomic E-state index is 5.84. The molecule has 1 nitrogen and oxygen atoms in total. The molecule has 0 aliphatic carbocycles. The molecule has 20 heavy (non-hydrogen) atoms. The van der Waals surface area contributed by atoms with Crippen molar-refractivity contribution in [3.8, 4) is 11.5 Å². The van der Waals surface area contributed by atoms with E-state index in [-0.39, 0.29) is 5.41 Å². The van der Waals surface area contributed by atoms with E-state index in [1.165, 1.54) is 5.56 Å². The van der Waals surface area contributed by atoms with Gasteiger partial charge in [-0.3, -0.25) is 0 Å². The summed E-state index contributed by atoms with van der Waals surface area (Å²) in [5, 5.41) is 0. The van der Waals surface area contributed by atoms with Crippen LogP contribution in [0.25, 0.3) is 0 Å². The van der Waals surface area contributed by atoms with Crippen molar-refractivity contribution in [2.24, 2.45) is 0 Å². The molecule has 0 bridgehead atoms. The van der Waals surface area contributed by atoms with Crippen LogP contribution in [0.4, 0.5) is 0 Å². The van der Waals surface area contributed by atoms with Gasteiger partial charge < -0.3 is 4.74 Å². The molecule has 0 atom stereocenters. The molecule has 0 radical (unpaired) electrons. The lowest BCUT2D eigenvalue weighted by atomic mass is 9.82. The average molecular weight is 289 g/mol. The van der Waals surface area contributed by atoms with Crippen molar-refractivity contribution in [3.63, 3.8) is 0 Å². The minimum atomic E-state index is 0.209. The molecule has 2 aromatic rings. The van der Waals surface area contributed by atoms with Crippen LogP contribution >= 0.6 is 11.6 Å². The summed E-state index contributed by atoms with van der Waals surface area (Å²) in [6, 6.07) is 16.2. The van der Waals surface area contributed by atoms with E-state index >= 15 is 0 Å². The van der Waals surface area contributed by atoms with Crippen molar-refractivity contribution in [1.29, 1.82) is 0 Å². The second-order valence-electron chi connectivity index (χ2n) is 5.64. The molecule has 0 saturated carbocycles. The third-order valence-electron chi connectivity index (χ3n) is 3.83. The van der Waals surface area contributed by atoms with Gasteiger partial charge in [0.15, 0.2) is 0 Å². The molecule has 0 aliphatic heterocycles. The van der Waals surface area contributed by atoms with Crippen molar-refractivity contribution in [2.75, 3.05) is 0 Å². The quantitative estimate of drug-likeness (QED) is 0.622. The summed E-state index contributed by atoms with van der Waals surface area (Å²) in [5.74, 6) is 2.22. The fraction of sp³-hybridized carbons (Fsp3) is 0.333. The van der Waals surface area contributed by atoms with E-state index in [0.29, 0.717) is 5.88 Å². The van der Waals surface area contributed by atoms with Crippen LogP contribution in [0, 0.1) is 0 Å². The topological polar surface area (TPSA) is 9.23 Å². The van der Waals surface area contributed by atoms with Gasteiger partial charge in [-0.2, -0.15) is 0 Å². The van der Waals surface area contributed by atoms with Gasteiger partial charge in [0.2, 0.25) is 0 Å². The molecule has 2 heteroatoms. The number of benzene rings is 2. The van der Waals surface area contributed by atoms with Crippen LogP contribution in [0.15, 0.2) is 48.5 Å². The van der Waals surface area contributed by atoms with Gasteiger partial charge in [0.1, 0.15) is 11.5 Å².